The number of benzene rings is 1. The summed E-state index contributed by atoms with van der Waals surface area (Å²) >= 11 is 0. The topological polar surface area (TPSA) is 84.2 Å². The van der Waals surface area contributed by atoms with Gasteiger partial charge < -0.3 is 15.2 Å². The first-order chi connectivity index (χ1) is 12.0. The molecule has 0 spiro atoms. The van der Waals surface area contributed by atoms with Gasteiger partial charge in [-0.15, -0.1) is 0 Å². The first-order valence-corrected chi connectivity index (χ1v) is 8.62. The lowest BCUT2D eigenvalue weighted by Crippen LogP contribution is -2.31. The fourth-order valence-corrected chi connectivity index (χ4v) is 2.56. The molecule has 6 nitrogen and oxygen atoms in total. The number of carbonyl (C=O) groups is 2. The lowest BCUT2D eigenvalue weighted by atomic mass is 10.0. The number of amides is 2. The number of hydrogen-bond donors (Lipinski definition) is 2. The lowest BCUT2D eigenvalue weighted by molar-refractivity contribution is -0.121. The van der Waals surface area contributed by atoms with E-state index in [9.17, 15) is 9.59 Å². The van der Waals surface area contributed by atoms with Crippen molar-refractivity contribution in [3.63, 3.8) is 0 Å². The molecule has 0 bridgehead atoms. The normalized spacial score (nSPS) is 13.5. The number of rotatable bonds is 7. The zero-order chi connectivity index (χ0) is 17.8. The molecular weight excluding hydrogens is 318 g/mol. The highest BCUT2D eigenvalue weighted by molar-refractivity contribution is 5.93. The van der Waals surface area contributed by atoms with Crippen LogP contribution in [0.4, 0.5) is 0 Å². The van der Waals surface area contributed by atoms with E-state index in [1.54, 1.807) is 6.07 Å². The number of carbonyl (C=O) groups excluding carboxylic acids is 2. The Labute approximate surface area is 147 Å². The summed E-state index contributed by atoms with van der Waals surface area (Å²) in [7, 11) is 0. The predicted octanol–water partition coefficient (Wildman–Crippen LogP) is 2.60. The molecule has 6 heteroatoms. The quantitative estimate of drug-likeness (QED) is 0.811. The highest BCUT2D eigenvalue weighted by Crippen LogP contribution is 2.27. The van der Waals surface area contributed by atoms with E-state index in [1.807, 2.05) is 32.0 Å². The van der Waals surface area contributed by atoms with Crippen LogP contribution in [0.2, 0.25) is 0 Å². The van der Waals surface area contributed by atoms with E-state index in [0.717, 1.165) is 23.2 Å². The van der Waals surface area contributed by atoms with Gasteiger partial charge in [0, 0.05) is 31.1 Å². The van der Waals surface area contributed by atoms with E-state index >= 15 is 0 Å². The SMILES string of the molecule is Cc1ccc(C)c(-c2cc(C(=O)NCCC(=O)NCC3CC3)no2)c1. The highest BCUT2D eigenvalue weighted by Gasteiger charge is 2.21. The third-order valence-corrected chi connectivity index (χ3v) is 4.32. The summed E-state index contributed by atoms with van der Waals surface area (Å²) in [5.41, 5.74) is 3.31. The van der Waals surface area contributed by atoms with Gasteiger partial charge in [0.15, 0.2) is 11.5 Å². The number of aromatic nitrogens is 1. The molecule has 2 amide bonds. The van der Waals surface area contributed by atoms with Crippen LogP contribution in [0.3, 0.4) is 0 Å². The Balaban J connectivity index is 1.51. The molecule has 0 radical (unpaired) electrons. The van der Waals surface area contributed by atoms with Crippen LogP contribution >= 0.6 is 0 Å². The van der Waals surface area contributed by atoms with Crippen molar-refractivity contribution < 1.29 is 14.1 Å². The summed E-state index contributed by atoms with van der Waals surface area (Å²) in [5, 5.41) is 9.41. The Morgan fingerprint density at radius 3 is 2.76 bits per heavy atom. The number of nitrogens with one attached hydrogen (secondary N) is 2. The molecule has 1 aliphatic rings. The maximum absolute atomic E-state index is 12.1. The summed E-state index contributed by atoms with van der Waals surface area (Å²) in [6.45, 7) is 5.01. The maximum Gasteiger partial charge on any atom is 0.273 e. The average Bonchev–Trinajstić information content (AvgIpc) is 3.29. The van der Waals surface area contributed by atoms with Crippen LogP contribution in [0.1, 0.15) is 40.9 Å². The zero-order valence-corrected chi connectivity index (χ0v) is 14.6. The molecule has 1 fully saturated rings. The van der Waals surface area contributed by atoms with Gasteiger partial charge in [0.1, 0.15) is 0 Å². The van der Waals surface area contributed by atoms with Gasteiger partial charge in [0.25, 0.3) is 5.91 Å². The molecule has 1 saturated carbocycles. The van der Waals surface area contributed by atoms with Crippen molar-refractivity contribution in [1.29, 1.82) is 0 Å². The molecule has 0 aliphatic heterocycles. The Morgan fingerprint density at radius 1 is 1.20 bits per heavy atom. The maximum atomic E-state index is 12.1. The van der Waals surface area contributed by atoms with Gasteiger partial charge in [0.05, 0.1) is 0 Å². The third kappa shape index (κ3) is 4.68. The minimum absolute atomic E-state index is 0.0385. The van der Waals surface area contributed by atoms with E-state index in [-0.39, 0.29) is 30.5 Å². The van der Waals surface area contributed by atoms with Gasteiger partial charge in [-0.25, -0.2) is 0 Å². The molecule has 2 N–H and O–H groups in total. The van der Waals surface area contributed by atoms with Gasteiger partial charge in [0.2, 0.25) is 5.91 Å². The molecule has 25 heavy (non-hydrogen) atoms. The predicted molar refractivity (Wildman–Crippen MR) is 94.1 cm³/mol. The monoisotopic (exact) mass is 341 g/mol. The van der Waals surface area contributed by atoms with Crippen LogP contribution in [0.5, 0.6) is 0 Å². The largest absolute Gasteiger partial charge is 0.356 e. The van der Waals surface area contributed by atoms with Crippen molar-refractivity contribution in [3.8, 4) is 11.3 Å². The van der Waals surface area contributed by atoms with E-state index in [4.69, 9.17) is 4.52 Å². The van der Waals surface area contributed by atoms with Crippen molar-refractivity contribution in [2.24, 2.45) is 5.92 Å². The molecule has 2 aromatic rings. The van der Waals surface area contributed by atoms with E-state index < -0.39 is 0 Å². The van der Waals surface area contributed by atoms with Crippen LogP contribution < -0.4 is 10.6 Å². The molecule has 132 valence electrons. The van der Waals surface area contributed by atoms with E-state index in [2.05, 4.69) is 15.8 Å². The second-order valence-electron chi connectivity index (χ2n) is 6.65. The van der Waals surface area contributed by atoms with Gasteiger partial charge >= 0.3 is 0 Å². The van der Waals surface area contributed by atoms with Crippen LogP contribution in [-0.4, -0.2) is 30.1 Å². The van der Waals surface area contributed by atoms with E-state index in [0.29, 0.717) is 11.7 Å². The van der Waals surface area contributed by atoms with Crippen molar-refractivity contribution in [3.05, 3.63) is 41.1 Å². The van der Waals surface area contributed by atoms with Crippen molar-refractivity contribution in [2.75, 3.05) is 13.1 Å². The van der Waals surface area contributed by atoms with Crippen molar-refractivity contribution >= 4 is 11.8 Å². The van der Waals surface area contributed by atoms with Gasteiger partial charge in [-0.2, -0.15) is 0 Å². The first kappa shape index (κ1) is 17.2. The zero-order valence-electron chi connectivity index (χ0n) is 14.6. The molecule has 0 atom stereocenters. The lowest BCUT2D eigenvalue weighted by Gasteiger charge is -2.04. The fraction of sp³-hybridized carbons (Fsp3) is 0.421. The second-order valence-corrected chi connectivity index (χ2v) is 6.65. The van der Waals surface area contributed by atoms with Crippen LogP contribution in [-0.2, 0) is 4.79 Å². The van der Waals surface area contributed by atoms with Gasteiger partial charge in [-0.3, -0.25) is 9.59 Å². The van der Waals surface area contributed by atoms with Gasteiger partial charge in [-0.1, -0.05) is 22.9 Å². The Bertz CT molecular complexity index is 778. The molecule has 1 heterocycles. The Kier molecular flexibility index (Phi) is 5.16. The molecule has 0 saturated heterocycles. The molecule has 1 aromatic heterocycles. The van der Waals surface area contributed by atoms with Crippen LogP contribution in [0.25, 0.3) is 11.3 Å². The number of nitrogens with zero attached hydrogens (tertiary/aromatic N) is 1. The molecule has 0 unspecified atom stereocenters. The standard InChI is InChI=1S/C19H23N3O3/c1-12-3-4-13(2)15(9-12)17-10-16(22-25-17)19(24)20-8-7-18(23)21-11-14-5-6-14/h3-4,9-10,14H,5-8,11H2,1-2H3,(H,20,24)(H,21,23). The third-order valence-electron chi connectivity index (χ3n) is 4.32. The molecule has 1 aliphatic carbocycles. The minimum atomic E-state index is -0.338. The van der Waals surface area contributed by atoms with Gasteiger partial charge in [-0.05, 0) is 44.2 Å². The summed E-state index contributed by atoms with van der Waals surface area (Å²) in [4.78, 5) is 23.8. The van der Waals surface area contributed by atoms with Crippen molar-refractivity contribution in [2.45, 2.75) is 33.1 Å². The summed E-state index contributed by atoms with van der Waals surface area (Å²) in [5.74, 6) is 0.837. The highest BCUT2D eigenvalue weighted by atomic mass is 16.5. The smallest absolute Gasteiger partial charge is 0.273 e. The number of hydrogen-bond acceptors (Lipinski definition) is 4. The average molecular weight is 341 g/mol. The Hall–Kier alpha value is -2.63. The minimum Gasteiger partial charge on any atom is -0.356 e. The van der Waals surface area contributed by atoms with Crippen LogP contribution in [0, 0.1) is 19.8 Å². The summed E-state index contributed by atoms with van der Waals surface area (Å²) < 4.78 is 5.32. The summed E-state index contributed by atoms with van der Waals surface area (Å²) in [6.07, 6.45) is 2.66. The Morgan fingerprint density at radius 2 is 2.00 bits per heavy atom. The van der Waals surface area contributed by atoms with Crippen LogP contribution in [0.15, 0.2) is 28.8 Å². The molecular formula is C19H23N3O3. The fourth-order valence-electron chi connectivity index (χ4n) is 2.56. The second kappa shape index (κ2) is 7.51. The molecule has 1 aromatic carbocycles. The first-order valence-electron chi connectivity index (χ1n) is 8.62. The summed E-state index contributed by atoms with van der Waals surface area (Å²) in [6, 6.07) is 7.66. The molecule has 3 rings (SSSR count). The number of aryl methyl sites for hydroxylation is 2. The van der Waals surface area contributed by atoms with Crippen molar-refractivity contribution in [1.82, 2.24) is 15.8 Å². The van der Waals surface area contributed by atoms with E-state index in [1.165, 1.54) is 12.8 Å².